The highest BCUT2D eigenvalue weighted by Crippen LogP contribution is 2.12. The molecule has 2 N–H and O–H groups in total. The molecule has 0 fully saturated rings. The highest BCUT2D eigenvalue weighted by Gasteiger charge is 2.02. The third kappa shape index (κ3) is 0.864. The summed E-state index contributed by atoms with van der Waals surface area (Å²) in [6, 6.07) is 2.28. The predicted molar refractivity (Wildman–Crippen MR) is 44.1 cm³/mol. The number of anilines is 1. The van der Waals surface area contributed by atoms with Crippen molar-refractivity contribution in [3.05, 3.63) is 12.7 Å². The maximum atomic E-state index is 5.06. The summed E-state index contributed by atoms with van der Waals surface area (Å²) < 4.78 is 0. The summed E-state index contributed by atoms with van der Waals surface area (Å²) in [7, 11) is 0. The number of fused-ring (bicyclic) bond motifs is 1. The first-order valence-electron chi connectivity index (χ1n) is 3.27. The van der Waals surface area contributed by atoms with E-state index in [9.17, 15) is 0 Å². The zero-order valence-corrected chi connectivity index (χ0v) is 6.07. The van der Waals surface area contributed by atoms with Gasteiger partial charge in [-0.25, -0.2) is 15.0 Å². The number of rotatable bonds is 1. The van der Waals surface area contributed by atoms with Crippen LogP contribution in [0.15, 0.2) is 12.7 Å². The fourth-order valence-corrected chi connectivity index (χ4v) is 0.928. The summed E-state index contributed by atoms with van der Waals surface area (Å²) in [6.07, 6.45) is 8.01. The van der Waals surface area contributed by atoms with Crippen molar-refractivity contribution in [1.29, 1.82) is 0 Å². The van der Waals surface area contributed by atoms with E-state index in [2.05, 4.69) is 31.3 Å². The van der Waals surface area contributed by atoms with Gasteiger partial charge in [0, 0.05) is 6.04 Å². The van der Waals surface area contributed by atoms with Crippen LogP contribution >= 0.6 is 0 Å². The number of hydrogen-bond acceptors (Lipinski definition) is 4. The van der Waals surface area contributed by atoms with Crippen LogP contribution in [0.5, 0.6) is 0 Å². The van der Waals surface area contributed by atoms with Crippen molar-refractivity contribution < 1.29 is 0 Å². The van der Waals surface area contributed by atoms with Crippen LogP contribution in [0, 0.1) is 12.5 Å². The second-order valence-corrected chi connectivity index (χ2v) is 2.09. The summed E-state index contributed by atoms with van der Waals surface area (Å²) in [5.41, 5.74) is 1.32. The molecule has 0 amide bonds. The van der Waals surface area contributed by atoms with Gasteiger partial charge in [-0.1, -0.05) is 6.42 Å². The van der Waals surface area contributed by atoms with Gasteiger partial charge in [-0.15, -0.1) is 0 Å². The molecule has 0 radical (unpaired) electrons. The van der Waals surface area contributed by atoms with E-state index < -0.39 is 0 Å². The molecule has 0 unspecified atom stereocenters. The third-order valence-corrected chi connectivity index (χ3v) is 1.41. The van der Waals surface area contributed by atoms with Gasteiger partial charge < -0.3 is 4.98 Å². The molecule has 2 rings (SSSR count). The minimum atomic E-state index is 0.569. The Kier molecular flexibility index (Phi) is 1.38. The minimum absolute atomic E-state index is 0.569. The standard InChI is InChI=1S/C7H5N5/c1-2-8-6-5-7(10-3-9-5)12-4-11-6/h1,3-4H,(H2,8,9,10,11,12). The second-order valence-electron chi connectivity index (χ2n) is 2.09. The Bertz CT molecular complexity index is 438. The smallest absolute Gasteiger partial charge is 0.182 e. The molecule has 0 aliphatic heterocycles. The van der Waals surface area contributed by atoms with Gasteiger partial charge in [0.15, 0.2) is 11.5 Å². The van der Waals surface area contributed by atoms with Crippen LogP contribution in [-0.4, -0.2) is 19.9 Å². The Morgan fingerprint density at radius 2 is 2.33 bits per heavy atom. The van der Waals surface area contributed by atoms with Crippen LogP contribution in [0.4, 0.5) is 5.82 Å². The lowest BCUT2D eigenvalue weighted by atomic mass is 10.5. The van der Waals surface area contributed by atoms with Crippen LogP contribution in [0.2, 0.25) is 0 Å². The molecular formula is C7H5N5. The molecule has 58 valence electrons. The van der Waals surface area contributed by atoms with Crippen LogP contribution in [0.1, 0.15) is 0 Å². The average Bonchev–Trinajstić information content (AvgIpc) is 2.53. The summed E-state index contributed by atoms with van der Waals surface area (Å²) >= 11 is 0. The molecular weight excluding hydrogens is 154 g/mol. The number of aromatic amines is 1. The zero-order chi connectivity index (χ0) is 8.39. The predicted octanol–water partition coefficient (Wildman–Crippen LogP) is 0.355. The van der Waals surface area contributed by atoms with Crippen LogP contribution in [0.3, 0.4) is 0 Å². The van der Waals surface area contributed by atoms with E-state index in [1.165, 1.54) is 6.33 Å². The summed E-state index contributed by atoms with van der Waals surface area (Å²) in [5, 5.41) is 2.64. The van der Waals surface area contributed by atoms with Crippen molar-refractivity contribution in [2.75, 3.05) is 5.32 Å². The SMILES string of the molecule is C#CNc1ncnc2nc[nH]c12. The Labute approximate surface area is 68.3 Å². The number of H-pyrrole nitrogens is 1. The van der Waals surface area contributed by atoms with E-state index in [0.29, 0.717) is 11.5 Å². The number of terminal acetylenes is 1. The molecule has 0 aliphatic rings. The van der Waals surface area contributed by atoms with Gasteiger partial charge in [0.2, 0.25) is 0 Å². The Morgan fingerprint density at radius 3 is 3.17 bits per heavy atom. The van der Waals surface area contributed by atoms with Crippen molar-refractivity contribution in [3.63, 3.8) is 0 Å². The van der Waals surface area contributed by atoms with E-state index >= 15 is 0 Å². The fraction of sp³-hybridized carbons (Fsp3) is 0. The summed E-state index contributed by atoms with van der Waals surface area (Å²) in [4.78, 5) is 14.7. The van der Waals surface area contributed by atoms with Gasteiger partial charge in [0.1, 0.15) is 11.8 Å². The van der Waals surface area contributed by atoms with Crippen LogP contribution < -0.4 is 5.32 Å². The highest BCUT2D eigenvalue weighted by atomic mass is 15.1. The van der Waals surface area contributed by atoms with Gasteiger partial charge >= 0.3 is 0 Å². The van der Waals surface area contributed by atoms with E-state index in [1.54, 1.807) is 6.33 Å². The molecule has 2 aromatic rings. The Morgan fingerprint density at radius 1 is 1.42 bits per heavy atom. The molecule has 0 saturated carbocycles. The largest absolute Gasteiger partial charge is 0.340 e. The van der Waals surface area contributed by atoms with E-state index in [4.69, 9.17) is 6.42 Å². The Balaban J connectivity index is 2.67. The molecule has 2 aromatic heterocycles. The van der Waals surface area contributed by atoms with E-state index in [-0.39, 0.29) is 0 Å². The van der Waals surface area contributed by atoms with Crippen molar-refractivity contribution in [2.45, 2.75) is 0 Å². The van der Waals surface area contributed by atoms with Crippen molar-refractivity contribution >= 4 is 17.0 Å². The quantitative estimate of drug-likeness (QED) is 0.465. The second kappa shape index (κ2) is 2.51. The zero-order valence-electron chi connectivity index (χ0n) is 6.07. The third-order valence-electron chi connectivity index (χ3n) is 1.41. The molecule has 0 bridgehead atoms. The van der Waals surface area contributed by atoms with Gasteiger partial charge in [-0.2, -0.15) is 0 Å². The van der Waals surface area contributed by atoms with Crippen molar-refractivity contribution in [2.24, 2.45) is 0 Å². The van der Waals surface area contributed by atoms with Gasteiger partial charge in [0.05, 0.1) is 6.33 Å². The first-order valence-corrected chi connectivity index (χ1v) is 3.27. The van der Waals surface area contributed by atoms with Crippen LogP contribution in [-0.2, 0) is 0 Å². The maximum absolute atomic E-state index is 5.06. The number of imidazole rings is 1. The number of nitrogens with zero attached hydrogens (tertiary/aromatic N) is 3. The molecule has 0 aliphatic carbocycles. The molecule has 0 aromatic carbocycles. The monoisotopic (exact) mass is 159 g/mol. The lowest BCUT2D eigenvalue weighted by molar-refractivity contribution is 1.20. The highest BCUT2D eigenvalue weighted by molar-refractivity contribution is 5.82. The maximum Gasteiger partial charge on any atom is 0.182 e. The molecule has 5 heteroatoms. The van der Waals surface area contributed by atoms with Crippen molar-refractivity contribution in [1.82, 2.24) is 19.9 Å². The summed E-state index contributed by atoms with van der Waals surface area (Å²) in [6.45, 7) is 0. The fourth-order valence-electron chi connectivity index (χ4n) is 0.928. The molecule has 5 nitrogen and oxygen atoms in total. The molecule has 0 saturated heterocycles. The Hall–Kier alpha value is -2.09. The van der Waals surface area contributed by atoms with Gasteiger partial charge in [-0.05, 0) is 0 Å². The molecule has 12 heavy (non-hydrogen) atoms. The normalized spacial score (nSPS) is 9.58. The molecule has 2 heterocycles. The van der Waals surface area contributed by atoms with Gasteiger partial charge in [0.25, 0.3) is 0 Å². The lowest BCUT2D eigenvalue weighted by Crippen LogP contribution is -1.93. The van der Waals surface area contributed by atoms with E-state index in [0.717, 1.165) is 5.52 Å². The number of aromatic nitrogens is 4. The van der Waals surface area contributed by atoms with Gasteiger partial charge in [-0.3, -0.25) is 5.32 Å². The lowest BCUT2D eigenvalue weighted by Gasteiger charge is -1.95. The molecule has 0 atom stereocenters. The van der Waals surface area contributed by atoms with Crippen LogP contribution in [0.25, 0.3) is 11.2 Å². The minimum Gasteiger partial charge on any atom is -0.340 e. The first kappa shape index (κ1) is 6.61. The number of nitrogens with one attached hydrogen (secondary N) is 2. The average molecular weight is 159 g/mol. The number of hydrogen-bond donors (Lipinski definition) is 2. The molecule has 0 spiro atoms. The first-order chi connectivity index (χ1) is 5.92. The van der Waals surface area contributed by atoms with Crippen molar-refractivity contribution in [3.8, 4) is 12.5 Å². The van der Waals surface area contributed by atoms with E-state index in [1.807, 2.05) is 0 Å². The summed E-state index contributed by atoms with van der Waals surface area (Å²) in [5.74, 6) is 0.569. The topological polar surface area (TPSA) is 66.5 Å².